The van der Waals surface area contributed by atoms with Gasteiger partial charge in [-0.05, 0) is 69.2 Å². The van der Waals surface area contributed by atoms with Crippen LogP contribution >= 0.6 is 0 Å². The van der Waals surface area contributed by atoms with Crippen LogP contribution in [0.3, 0.4) is 0 Å². The van der Waals surface area contributed by atoms with E-state index in [1.807, 2.05) is 84.9 Å². The van der Waals surface area contributed by atoms with Crippen LogP contribution < -0.4 is 33.5 Å². The van der Waals surface area contributed by atoms with Crippen molar-refractivity contribution in [3.8, 4) is 11.4 Å². The molecule has 0 spiro atoms. The molecule has 13 nitrogen and oxygen atoms in total. The van der Waals surface area contributed by atoms with E-state index in [0.29, 0.717) is 34.0 Å². The smallest absolute Gasteiger partial charge is 0.334 e. The number of ketones is 3. The molecule has 0 fully saturated rings. The van der Waals surface area contributed by atoms with E-state index in [1.54, 1.807) is 49.4 Å². The molecule has 6 aromatic rings. The SMILES string of the molecule is CC(=O)C(=Cc1ccccc1)C(C)=O.CC(=O)C1=C(C)Nc2c(c(=O)[nH]c(=O)n2-c2ccccc2)C1c1ccccc1.Nc1cc(=O)[nH]c(=O)n1-c1ccccc1. The summed E-state index contributed by atoms with van der Waals surface area (Å²) in [4.78, 5) is 87.2. The van der Waals surface area contributed by atoms with Gasteiger partial charge in [0.05, 0.1) is 22.5 Å². The molecule has 0 bridgehead atoms. The molecule has 1 atom stereocenters. The quantitative estimate of drug-likeness (QED) is 0.0946. The monoisotopic (exact) mass is 764 g/mol. The molecule has 1 aliphatic heterocycles. The molecule has 1 unspecified atom stereocenters. The van der Waals surface area contributed by atoms with E-state index in [2.05, 4.69) is 15.3 Å². The maximum Gasteiger partial charge on any atom is 0.334 e. The van der Waals surface area contributed by atoms with Crippen molar-refractivity contribution in [3.63, 3.8) is 0 Å². The van der Waals surface area contributed by atoms with Gasteiger partial charge >= 0.3 is 11.4 Å². The van der Waals surface area contributed by atoms with Gasteiger partial charge in [0.2, 0.25) is 0 Å². The minimum atomic E-state index is -0.561. The minimum Gasteiger partial charge on any atom is -0.385 e. The maximum atomic E-state index is 12.9. The number of hydrogen-bond donors (Lipinski definition) is 4. The lowest BCUT2D eigenvalue weighted by Crippen LogP contribution is -2.38. The summed E-state index contributed by atoms with van der Waals surface area (Å²) in [6, 6.07) is 37.8. The maximum absolute atomic E-state index is 12.9. The first-order valence-electron chi connectivity index (χ1n) is 17.7. The van der Waals surface area contributed by atoms with Crippen molar-refractivity contribution >= 4 is 35.1 Å². The highest BCUT2D eigenvalue weighted by Gasteiger charge is 2.35. The number of nitrogens with two attached hydrogens (primary N) is 1. The molecular weight excluding hydrogens is 725 g/mol. The van der Waals surface area contributed by atoms with Crippen molar-refractivity contribution in [2.24, 2.45) is 0 Å². The van der Waals surface area contributed by atoms with Crippen LogP contribution in [0.4, 0.5) is 11.6 Å². The third-order valence-corrected chi connectivity index (χ3v) is 8.81. The fourth-order valence-corrected chi connectivity index (χ4v) is 6.34. The number of aromatic amines is 2. The van der Waals surface area contributed by atoms with Crippen molar-refractivity contribution in [1.29, 1.82) is 0 Å². The number of anilines is 2. The number of H-pyrrole nitrogens is 2. The van der Waals surface area contributed by atoms with Crippen LogP contribution in [0.2, 0.25) is 0 Å². The number of nitrogens with one attached hydrogen (secondary N) is 3. The van der Waals surface area contributed by atoms with Gasteiger partial charge in [-0.2, -0.15) is 0 Å². The molecule has 0 aliphatic carbocycles. The number of nitrogens with zero attached hydrogens (tertiary/aromatic N) is 2. The number of hydrogen-bond acceptors (Lipinski definition) is 9. The van der Waals surface area contributed by atoms with Crippen LogP contribution in [-0.2, 0) is 14.4 Å². The number of fused-ring (bicyclic) bond motifs is 1. The number of benzene rings is 4. The summed E-state index contributed by atoms with van der Waals surface area (Å²) in [5, 5.41) is 3.14. The van der Waals surface area contributed by atoms with E-state index in [9.17, 15) is 33.6 Å². The first-order chi connectivity index (χ1) is 27.3. The molecule has 0 radical (unpaired) electrons. The standard InChI is InChI=1S/C22H19N3O3.C12H12O2.C10H9N3O2/c1-13-17(14(2)26)18(15-9-5-3-6-10-15)19-20(23-13)25(22(28)24-21(19)27)16-11-7-4-8-12-16;1-9(13)12(10(2)14)8-11-6-4-3-5-7-11;11-8-6-9(14)12-10(15)13(8)7-4-2-1-3-5-7/h3-12,18,23H,1-2H3,(H,24,27,28);3-8H,1-2H3;1-6H,11H2,(H,12,14,15). The fraction of sp³-hybridized carbons (Fsp3) is 0.114. The Morgan fingerprint density at radius 3 is 1.61 bits per heavy atom. The Bertz CT molecular complexity index is 2710. The molecule has 3 heterocycles. The van der Waals surface area contributed by atoms with Gasteiger partial charge in [0, 0.05) is 23.3 Å². The van der Waals surface area contributed by atoms with Crippen molar-refractivity contribution < 1.29 is 14.4 Å². The number of Topliss-reactive ketones (excluding diaryl/α,β-unsaturated/α-hetero) is 3. The third kappa shape index (κ3) is 9.53. The lowest BCUT2D eigenvalue weighted by molar-refractivity contribution is -0.119. The van der Waals surface area contributed by atoms with Gasteiger partial charge in [0.15, 0.2) is 17.3 Å². The molecular formula is C44H40N6O7. The molecule has 57 heavy (non-hydrogen) atoms. The van der Waals surface area contributed by atoms with Crippen LogP contribution in [0.15, 0.2) is 163 Å². The average Bonchev–Trinajstić information content (AvgIpc) is 3.18. The molecule has 2 aromatic heterocycles. The number of para-hydroxylation sites is 2. The number of nitrogen functional groups attached to an aromatic ring is 1. The summed E-state index contributed by atoms with van der Waals surface area (Å²) >= 11 is 0. The van der Waals surface area contributed by atoms with Crippen LogP contribution in [0.1, 0.15) is 50.3 Å². The Kier molecular flexibility index (Phi) is 12.9. The van der Waals surface area contributed by atoms with E-state index >= 15 is 0 Å². The van der Waals surface area contributed by atoms with E-state index in [1.165, 1.54) is 36.0 Å². The largest absolute Gasteiger partial charge is 0.385 e. The fourth-order valence-electron chi connectivity index (χ4n) is 6.34. The molecule has 0 saturated heterocycles. The number of carbonyl (C=O) groups is 3. The Hall–Kier alpha value is -7.67. The van der Waals surface area contributed by atoms with Gasteiger partial charge in [0.1, 0.15) is 11.6 Å². The predicted molar refractivity (Wildman–Crippen MR) is 221 cm³/mol. The summed E-state index contributed by atoms with van der Waals surface area (Å²) < 4.78 is 2.68. The molecule has 7 rings (SSSR count). The van der Waals surface area contributed by atoms with Crippen molar-refractivity contribution in [3.05, 3.63) is 203 Å². The van der Waals surface area contributed by atoms with E-state index in [-0.39, 0.29) is 28.7 Å². The molecule has 288 valence electrons. The minimum absolute atomic E-state index is 0.120. The molecule has 13 heteroatoms. The van der Waals surface area contributed by atoms with Gasteiger partial charge < -0.3 is 11.1 Å². The Morgan fingerprint density at radius 2 is 1.12 bits per heavy atom. The first kappa shape index (κ1) is 40.5. The van der Waals surface area contributed by atoms with Crippen molar-refractivity contribution in [1.82, 2.24) is 19.1 Å². The van der Waals surface area contributed by atoms with E-state index in [0.717, 1.165) is 11.1 Å². The van der Waals surface area contributed by atoms with Gasteiger partial charge in [-0.25, -0.2) is 18.7 Å². The normalized spacial score (nSPS) is 12.7. The summed E-state index contributed by atoms with van der Waals surface area (Å²) in [6.07, 6.45) is 1.62. The first-order valence-corrected chi connectivity index (χ1v) is 17.7. The van der Waals surface area contributed by atoms with Crippen LogP contribution in [0.25, 0.3) is 17.5 Å². The van der Waals surface area contributed by atoms with Crippen LogP contribution in [0, 0.1) is 0 Å². The topological polar surface area (TPSA) is 199 Å². The molecule has 5 N–H and O–H groups in total. The summed E-state index contributed by atoms with van der Waals surface area (Å²) in [6.45, 7) is 6.08. The highest BCUT2D eigenvalue weighted by molar-refractivity contribution is 6.21. The molecule has 1 aliphatic rings. The summed E-state index contributed by atoms with van der Waals surface area (Å²) in [5.74, 6) is -0.565. The number of carbonyl (C=O) groups excluding carboxylic acids is 3. The Labute approximate surface area is 326 Å². The van der Waals surface area contributed by atoms with Crippen LogP contribution in [0.5, 0.6) is 0 Å². The second-order valence-corrected chi connectivity index (χ2v) is 12.9. The van der Waals surface area contributed by atoms with Crippen LogP contribution in [-0.4, -0.2) is 36.5 Å². The zero-order valence-electron chi connectivity index (χ0n) is 31.6. The highest BCUT2D eigenvalue weighted by atomic mass is 16.2. The second kappa shape index (κ2) is 18.1. The number of rotatable bonds is 7. The van der Waals surface area contributed by atoms with Gasteiger partial charge in [-0.1, -0.05) is 97.1 Å². The third-order valence-electron chi connectivity index (χ3n) is 8.81. The van der Waals surface area contributed by atoms with Crippen molar-refractivity contribution in [2.75, 3.05) is 11.1 Å². The Morgan fingerprint density at radius 1 is 0.649 bits per heavy atom. The zero-order chi connectivity index (χ0) is 41.2. The summed E-state index contributed by atoms with van der Waals surface area (Å²) in [5.41, 5.74) is 8.21. The predicted octanol–water partition coefficient (Wildman–Crippen LogP) is 5.30. The lowest BCUT2D eigenvalue weighted by Gasteiger charge is -2.30. The average molecular weight is 765 g/mol. The highest BCUT2D eigenvalue weighted by Crippen LogP contribution is 2.40. The summed E-state index contributed by atoms with van der Waals surface area (Å²) in [7, 11) is 0. The molecule has 0 amide bonds. The van der Waals surface area contributed by atoms with E-state index < -0.39 is 28.4 Å². The number of aromatic nitrogens is 4. The lowest BCUT2D eigenvalue weighted by atomic mass is 9.81. The van der Waals surface area contributed by atoms with Gasteiger partial charge in [-0.15, -0.1) is 0 Å². The van der Waals surface area contributed by atoms with E-state index in [4.69, 9.17) is 5.73 Å². The van der Waals surface area contributed by atoms with Gasteiger partial charge in [-0.3, -0.25) is 33.9 Å². The zero-order valence-corrected chi connectivity index (χ0v) is 31.6. The molecule has 4 aromatic carbocycles. The Balaban J connectivity index is 0.000000181. The number of allylic oxidation sites excluding steroid dienone is 3. The van der Waals surface area contributed by atoms with Gasteiger partial charge in [0.25, 0.3) is 11.1 Å². The van der Waals surface area contributed by atoms with Crippen molar-refractivity contribution in [2.45, 2.75) is 33.6 Å². The second-order valence-electron chi connectivity index (χ2n) is 12.9. The molecule has 0 saturated carbocycles.